The van der Waals surface area contributed by atoms with E-state index in [1.165, 1.54) is 12.1 Å². The van der Waals surface area contributed by atoms with E-state index in [0.717, 1.165) is 5.56 Å². The molecule has 0 heterocycles. The predicted molar refractivity (Wildman–Crippen MR) is 83.6 cm³/mol. The van der Waals surface area contributed by atoms with Gasteiger partial charge in [-0.3, -0.25) is 14.9 Å². The van der Waals surface area contributed by atoms with Crippen LogP contribution in [-0.2, 0) is 11.2 Å². The maximum Gasteiger partial charge on any atom is 0.270 e. The summed E-state index contributed by atoms with van der Waals surface area (Å²) in [5.74, 6) is -0.240. The van der Waals surface area contributed by atoms with Gasteiger partial charge < -0.3 is 0 Å². The van der Waals surface area contributed by atoms with Crippen LogP contribution in [0.15, 0.2) is 59.7 Å². The average Bonchev–Trinajstić information content (AvgIpc) is 2.53. The van der Waals surface area contributed by atoms with Gasteiger partial charge in [0, 0.05) is 17.7 Å². The first-order chi connectivity index (χ1) is 10.6. The smallest absolute Gasteiger partial charge is 0.270 e. The van der Waals surface area contributed by atoms with E-state index >= 15 is 0 Å². The zero-order valence-corrected chi connectivity index (χ0v) is 12.0. The van der Waals surface area contributed by atoms with Crippen LogP contribution in [0.4, 0.5) is 5.69 Å². The fourth-order valence-electron chi connectivity index (χ4n) is 1.88. The molecule has 0 aliphatic heterocycles. The molecule has 0 aromatic heterocycles. The van der Waals surface area contributed by atoms with Crippen molar-refractivity contribution in [3.8, 4) is 0 Å². The van der Waals surface area contributed by atoms with E-state index in [-0.39, 0.29) is 18.0 Å². The van der Waals surface area contributed by atoms with E-state index in [1.807, 2.05) is 30.3 Å². The van der Waals surface area contributed by atoms with Crippen molar-refractivity contribution >= 4 is 17.3 Å². The molecule has 0 fully saturated rings. The molecule has 0 saturated heterocycles. The highest BCUT2D eigenvalue weighted by Crippen LogP contribution is 2.13. The molecule has 112 valence electrons. The van der Waals surface area contributed by atoms with Gasteiger partial charge in [-0.05, 0) is 12.5 Å². The van der Waals surface area contributed by atoms with Crippen molar-refractivity contribution in [2.24, 2.45) is 5.10 Å². The summed E-state index contributed by atoms with van der Waals surface area (Å²) in [5.41, 5.74) is 4.43. The van der Waals surface area contributed by atoms with Crippen molar-refractivity contribution in [2.45, 2.75) is 13.3 Å². The van der Waals surface area contributed by atoms with E-state index in [2.05, 4.69) is 10.5 Å². The van der Waals surface area contributed by atoms with Gasteiger partial charge in [-0.1, -0.05) is 42.5 Å². The maximum atomic E-state index is 11.8. The second-order valence-electron chi connectivity index (χ2n) is 4.70. The SMILES string of the molecule is C/C(=N\NC(=O)Cc1ccccc1)c1cccc([N+](=O)[O-])c1. The topological polar surface area (TPSA) is 84.6 Å². The molecular formula is C16H15N3O3. The van der Waals surface area contributed by atoms with Gasteiger partial charge in [0.05, 0.1) is 17.1 Å². The van der Waals surface area contributed by atoms with Crippen LogP contribution in [-0.4, -0.2) is 16.5 Å². The molecule has 6 nitrogen and oxygen atoms in total. The first-order valence-electron chi connectivity index (χ1n) is 6.68. The summed E-state index contributed by atoms with van der Waals surface area (Å²) in [7, 11) is 0. The number of non-ortho nitro benzene ring substituents is 1. The van der Waals surface area contributed by atoms with Gasteiger partial charge >= 0.3 is 0 Å². The third-order valence-corrected chi connectivity index (χ3v) is 3.03. The Labute approximate surface area is 127 Å². The number of hydrogen-bond acceptors (Lipinski definition) is 4. The average molecular weight is 297 g/mol. The molecule has 2 rings (SSSR count). The predicted octanol–water partition coefficient (Wildman–Crippen LogP) is 2.68. The van der Waals surface area contributed by atoms with Crippen molar-refractivity contribution in [2.75, 3.05) is 0 Å². The Hall–Kier alpha value is -3.02. The van der Waals surface area contributed by atoms with Gasteiger partial charge in [0.15, 0.2) is 0 Å². The minimum atomic E-state index is -0.467. The lowest BCUT2D eigenvalue weighted by Gasteiger charge is -2.03. The Balaban J connectivity index is 2.02. The largest absolute Gasteiger partial charge is 0.273 e. The molecule has 0 spiro atoms. The van der Waals surface area contributed by atoms with Crippen LogP contribution in [0.1, 0.15) is 18.1 Å². The summed E-state index contributed by atoms with van der Waals surface area (Å²) in [6, 6.07) is 15.4. The van der Waals surface area contributed by atoms with E-state index in [1.54, 1.807) is 19.1 Å². The second-order valence-corrected chi connectivity index (χ2v) is 4.70. The number of nitro groups is 1. The molecule has 0 atom stereocenters. The molecule has 0 aliphatic rings. The lowest BCUT2D eigenvalue weighted by molar-refractivity contribution is -0.384. The highest BCUT2D eigenvalue weighted by molar-refractivity contribution is 5.99. The molecule has 2 aromatic carbocycles. The van der Waals surface area contributed by atoms with Crippen molar-refractivity contribution < 1.29 is 9.72 Å². The van der Waals surface area contributed by atoms with E-state index in [9.17, 15) is 14.9 Å². The highest BCUT2D eigenvalue weighted by Gasteiger charge is 2.08. The third-order valence-electron chi connectivity index (χ3n) is 3.03. The summed E-state index contributed by atoms with van der Waals surface area (Å²) in [6.45, 7) is 1.68. The minimum Gasteiger partial charge on any atom is -0.273 e. The van der Waals surface area contributed by atoms with E-state index < -0.39 is 4.92 Å². The van der Waals surface area contributed by atoms with Crippen molar-refractivity contribution in [1.82, 2.24) is 5.43 Å². The first kappa shape index (κ1) is 15.4. The van der Waals surface area contributed by atoms with Crippen LogP contribution in [0.2, 0.25) is 0 Å². The Kier molecular flexibility index (Phi) is 4.98. The Morgan fingerprint density at radius 3 is 2.59 bits per heavy atom. The van der Waals surface area contributed by atoms with Gasteiger partial charge in [0.1, 0.15) is 0 Å². The van der Waals surface area contributed by atoms with Crippen molar-refractivity contribution in [3.05, 3.63) is 75.8 Å². The molecule has 0 bridgehead atoms. The molecule has 22 heavy (non-hydrogen) atoms. The molecule has 0 unspecified atom stereocenters. The Bertz CT molecular complexity index is 712. The quantitative estimate of drug-likeness (QED) is 0.523. The lowest BCUT2D eigenvalue weighted by Crippen LogP contribution is -2.21. The molecule has 1 amide bonds. The molecule has 0 radical (unpaired) electrons. The number of rotatable bonds is 5. The number of hydrogen-bond donors (Lipinski definition) is 1. The summed E-state index contributed by atoms with van der Waals surface area (Å²) >= 11 is 0. The van der Waals surface area contributed by atoms with E-state index in [0.29, 0.717) is 11.3 Å². The number of benzene rings is 2. The van der Waals surface area contributed by atoms with Crippen LogP contribution in [0, 0.1) is 10.1 Å². The minimum absolute atomic E-state index is 0.0114. The summed E-state index contributed by atoms with van der Waals surface area (Å²) < 4.78 is 0. The molecule has 1 N–H and O–H groups in total. The zero-order valence-electron chi connectivity index (χ0n) is 12.0. The second kappa shape index (κ2) is 7.12. The number of nitrogens with zero attached hydrogens (tertiary/aromatic N) is 2. The summed E-state index contributed by atoms with van der Waals surface area (Å²) in [5, 5.41) is 14.7. The van der Waals surface area contributed by atoms with E-state index in [4.69, 9.17) is 0 Å². The normalized spacial score (nSPS) is 11.0. The van der Waals surface area contributed by atoms with Gasteiger partial charge in [0.25, 0.3) is 5.69 Å². The van der Waals surface area contributed by atoms with Gasteiger partial charge in [-0.2, -0.15) is 5.10 Å². The number of hydrazone groups is 1. The Morgan fingerprint density at radius 2 is 1.91 bits per heavy atom. The molecule has 0 saturated carbocycles. The Morgan fingerprint density at radius 1 is 1.18 bits per heavy atom. The van der Waals surface area contributed by atoms with Crippen molar-refractivity contribution in [1.29, 1.82) is 0 Å². The number of nitrogens with one attached hydrogen (secondary N) is 1. The number of nitro benzene ring substituents is 1. The highest BCUT2D eigenvalue weighted by atomic mass is 16.6. The fraction of sp³-hybridized carbons (Fsp3) is 0.125. The van der Waals surface area contributed by atoms with Gasteiger partial charge in [-0.15, -0.1) is 0 Å². The molecule has 0 aliphatic carbocycles. The molecular weight excluding hydrogens is 282 g/mol. The summed E-state index contributed by atoms with van der Waals surface area (Å²) in [4.78, 5) is 22.1. The maximum absolute atomic E-state index is 11.8. The number of carbonyl (C=O) groups excluding carboxylic acids is 1. The van der Waals surface area contributed by atoms with Crippen LogP contribution in [0.5, 0.6) is 0 Å². The zero-order chi connectivity index (χ0) is 15.9. The van der Waals surface area contributed by atoms with Crippen molar-refractivity contribution in [3.63, 3.8) is 0 Å². The fourth-order valence-corrected chi connectivity index (χ4v) is 1.88. The first-order valence-corrected chi connectivity index (χ1v) is 6.68. The monoisotopic (exact) mass is 297 g/mol. The van der Waals surface area contributed by atoms with Gasteiger partial charge in [-0.25, -0.2) is 5.43 Å². The van der Waals surface area contributed by atoms with Crippen LogP contribution < -0.4 is 5.43 Å². The summed E-state index contributed by atoms with van der Waals surface area (Å²) in [6.07, 6.45) is 0.229. The van der Waals surface area contributed by atoms with Gasteiger partial charge in [0.2, 0.25) is 5.91 Å². The third kappa shape index (κ3) is 4.24. The lowest BCUT2D eigenvalue weighted by atomic mass is 10.1. The molecule has 6 heteroatoms. The van der Waals surface area contributed by atoms with Crippen LogP contribution in [0.3, 0.4) is 0 Å². The number of carbonyl (C=O) groups is 1. The standard InChI is InChI=1S/C16H15N3O3/c1-12(14-8-5-9-15(11-14)19(21)22)17-18-16(20)10-13-6-3-2-4-7-13/h2-9,11H,10H2,1H3,(H,18,20)/b17-12+. The van der Waals surface area contributed by atoms with Crippen LogP contribution in [0.25, 0.3) is 0 Å². The molecule has 2 aromatic rings. The van der Waals surface area contributed by atoms with Crippen LogP contribution >= 0.6 is 0 Å². The number of amides is 1.